The van der Waals surface area contributed by atoms with Crippen LogP contribution in [0.5, 0.6) is 0 Å². The topological polar surface area (TPSA) is 70.2 Å². The Morgan fingerprint density at radius 2 is 2.00 bits per heavy atom. The van der Waals surface area contributed by atoms with E-state index in [1.807, 2.05) is 0 Å². The van der Waals surface area contributed by atoms with Gasteiger partial charge in [0.1, 0.15) is 11.4 Å². The molecule has 1 fully saturated rings. The van der Waals surface area contributed by atoms with Crippen LogP contribution in [0.3, 0.4) is 0 Å². The summed E-state index contributed by atoms with van der Waals surface area (Å²) in [6, 6.07) is 0.289. The molecule has 0 spiro atoms. The smallest absolute Gasteiger partial charge is 0.366 e. The first kappa shape index (κ1) is 14.1. The second-order valence-corrected chi connectivity index (χ2v) is 6.13. The lowest BCUT2D eigenvalue weighted by molar-refractivity contribution is -0.137. The van der Waals surface area contributed by atoms with Gasteiger partial charge in [-0.15, -0.1) is 0 Å². The van der Waals surface area contributed by atoms with E-state index in [-0.39, 0.29) is 0 Å². The number of rotatable bonds is 4. The summed E-state index contributed by atoms with van der Waals surface area (Å²) in [6.45, 7) is -1.58. The van der Waals surface area contributed by atoms with Crippen molar-refractivity contribution in [2.45, 2.75) is 30.0 Å². The van der Waals surface area contributed by atoms with Crippen LogP contribution in [-0.4, -0.2) is 36.5 Å². The average molecular weight is 296 g/mol. The maximum Gasteiger partial charge on any atom is 0.402 e. The number of nitrogens with zero attached hydrogens (tertiary/aromatic N) is 1. The zero-order valence-electron chi connectivity index (χ0n) is 9.64. The Kier molecular flexibility index (Phi) is 3.43. The molecule has 1 aliphatic carbocycles. The van der Waals surface area contributed by atoms with Gasteiger partial charge in [0.25, 0.3) is 0 Å². The number of nitrogens with one attached hydrogen (secondary N) is 1. The fraction of sp³-hybridized carbons (Fsp3) is 0.500. The van der Waals surface area contributed by atoms with Gasteiger partial charge in [0.05, 0.1) is 0 Å². The number of hydrogen-bond acceptors (Lipinski definition) is 3. The van der Waals surface area contributed by atoms with Gasteiger partial charge in [0.2, 0.25) is 15.5 Å². The van der Waals surface area contributed by atoms with Gasteiger partial charge in [-0.1, -0.05) is 0 Å². The van der Waals surface area contributed by atoms with E-state index in [1.54, 1.807) is 0 Å². The molecule has 0 unspecified atom stereocenters. The Bertz CT molecular complexity index is 619. The largest absolute Gasteiger partial charge is 0.402 e. The lowest BCUT2D eigenvalue weighted by atomic mass is 10.5. The molecule has 19 heavy (non-hydrogen) atoms. The van der Waals surface area contributed by atoms with Crippen LogP contribution in [-0.2, 0) is 10.0 Å². The van der Waals surface area contributed by atoms with Crippen molar-refractivity contribution < 1.29 is 21.6 Å². The van der Waals surface area contributed by atoms with E-state index in [9.17, 15) is 26.4 Å². The summed E-state index contributed by atoms with van der Waals surface area (Å²) in [5.74, 6) is 0. The molecule has 0 bridgehead atoms. The van der Waals surface area contributed by atoms with Crippen molar-refractivity contribution >= 4 is 10.0 Å². The molecule has 106 valence electrons. The second kappa shape index (κ2) is 4.64. The van der Waals surface area contributed by atoms with Crippen LogP contribution in [0.2, 0.25) is 0 Å². The number of halogens is 3. The molecule has 1 saturated carbocycles. The zero-order chi connectivity index (χ0) is 14.3. The standard InChI is InChI=1S/C10H11F3N2O3S/c11-10(12,13)6-15(7-1-2-7)19(17,18)9-5-14-4-3-8(9)16/h3-5,7H,1-2,6H2,(H,14,16). The zero-order valence-corrected chi connectivity index (χ0v) is 10.5. The monoisotopic (exact) mass is 296 g/mol. The Hall–Kier alpha value is -1.35. The van der Waals surface area contributed by atoms with Crippen molar-refractivity contribution in [2.24, 2.45) is 0 Å². The maximum atomic E-state index is 12.4. The molecule has 0 amide bonds. The van der Waals surface area contributed by atoms with Gasteiger partial charge in [-0.3, -0.25) is 4.79 Å². The first-order valence-corrected chi connectivity index (χ1v) is 6.91. The third-order valence-electron chi connectivity index (χ3n) is 2.66. The highest BCUT2D eigenvalue weighted by atomic mass is 32.2. The molecule has 9 heteroatoms. The SMILES string of the molecule is O=c1cc[nH]cc1S(=O)(=O)N(CC(F)(F)F)C1CC1. The Labute approximate surface area is 107 Å². The first-order chi connectivity index (χ1) is 8.72. The quantitative estimate of drug-likeness (QED) is 0.904. The van der Waals surface area contributed by atoms with E-state index < -0.39 is 39.1 Å². The summed E-state index contributed by atoms with van der Waals surface area (Å²) in [5.41, 5.74) is -0.827. The lowest BCUT2D eigenvalue weighted by Gasteiger charge is -2.22. The summed E-state index contributed by atoms with van der Waals surface area (Å²) < 4.78 is 61.9. The molecule has 1 N–H and O–H groups in total. The minimum atomic E-state index is -4.64. The number of aromatic nitrogens is 1. The number of sulfonamides is 1. The van der Waals surface area contributed by atoms with Crippen molar-refractivity contribution in [3.8, 4) is 0 Å². The summed E-state index contributed by atoms with van der Waals surface area (Å²) in [5, 5.41) is 0. The summed E-state index contributed by atoms with van der Waals surface area (Å²) >= 11 is 0. The molecule has 1 aromatic rings. The molecule has 0 aromatic carbocycles. The fourth-order valence-corrected chi connectivity index (χ4v) is 3.39. The van der Waals surface area contributed by atoms with Crippen molar-refractivity contribution in [3.63, 3.8) is 0 Å². The molecule has 1 aromatic heterocycles. The summed E-state index contributed by atoms with van der Waals surface area (Å²) in [7, 11) is -4.43. The van der Waals surface area contributed by atoms with Gasteiger partial charge < -0.3 is 4.98 Å². The molecule has 1 aliphatic rings. The van der Waals surface area contributed by atoms with E-state index in [0.717, 1.165) is 12.3 Å². The molecular formula is C10H11F3N2O3S. The average Bonchev–Trinajstić information content (AvgIpc) is 3.08. The molecule has 0 radical (unpaired) electrons. The fourth-order valence-electron chi connectivity index (χ4n) is 1.68. The molecular weight excluding hydrogens is 285 g/mol. The predicted octanol–water partition coefficient (Wildman–Crippen LogP) is 1.09. The summed E-state index contributed by atoms with van der Waals surface area (Å²) in [6.07, 6.45) is -1.77. The Balaban J connectivity index is 2.41. The van der Waals surface area contributed by atoms with E-state index in [4.69, 9.17) is 0 Å². The van der Waals surface area contributed by atoms with E-state index in [2.05, 4.69) is 4.98 Å². The van der Waals surface area contributed by atoms with Gasteiger partial charge >= 0.3 is 6.18 Å². The van der Waals surface area contributed by atoms with Gasteiger partial charge in [-0.25, -0.2) is 8.42 Å². The van der Waals surface area contributed by atoms with Crippen LogP contribution in [0.4, 0.5) is 13.2 Å². The van der Waals surface area contributed by atoms with E-state index in [0.29, 0.717) is 17.1 Å². The summed E-state index contributed by atoms with van der Waals surface area (Å²) in [4.78, 5) is 13.2. The van der Waals surface area contributed by atoms with Gasteiger partial charge in [0.15, 0.2) is 0 Å². The molecule has 0 aliphatic heterocycles. The molecule has 0 saturated heterocycles. The minimum absolute atomic E-state index is 0.359. The highest BCUT2D eigenvalue weighted by Crippen LogP contribution is 2.33. The van der Waals surface area contributed by atoms with Crippen LogP contribution in [0.1, 0.15) is 12.8 Å². The van der Waals surface area contributed by atoms with Crippen LogP contribution in [0.25, 0.3) is 0 Å². The van der Waals surface area contributed by atoms with Crippen molar-refractivity contribution in [1.29, 1.82) is 0 Å². The van der Waals surface area contributed by atoms with Crippen LogP contribution < -0.4 is 5.43 Å². The van der Waals surface area contributed by atoms with Crippen molar-refractivity contribution in [1.82, 2.24) is 9.29 Å². The molecule has 0 atom stereocenters. The Morgan fingerprint density at radius 3 is 2.47 bits per heavy atom. The number of aromatic amines is 1. The van der Waals surface area contributed by atoms with E-state index >= 15 is 0 Å². The number of hydrogen-bond donors (Lipinski definition) is 1. The lowest BCUT2D eigenvalue weighted by Crippen LogP contribution is -2.41. The van der Waals surface area contributed by atoms with Gasteiger partial charge in [-0.2, -0.15) is 17.5 Å². The van der Waals surface area contributed by atoms with Crippen LogP contribution >= 0.6 is 0 Å². The Morgan fingerprint density at radius 1 is 1.37 bits per heavy atom. The third kappa shape index (κ3) is 3.16. The number of pyridine rings is 1. The van der Waals surface area contributed by atoms with Gasteiger partial charge in [0, 0.05) is 24.5 Å². The number of alkyl halides is 3. The van der Waals surface area contributed by atoms with Crippen molar-refractivity contribution in [2.75, 3.05) is 6.54 Å². The molecule has 2 rings (SSSR count). The minimum Gasteiger partial charge on any atom is -0.366 e. The predicted molar refractivity (Wildman–Crippen MR) is 60.0 cm³/mol. The first-order valence-electron chi connectivity index (χ1n) is 5.47. The highest BCUT2D eigenvalue weighted by Gasteiger charge is 2.45. The van der Waals surface area contributed by atoms with Crippen LogP contribution in [0, 0.1) is 0 Å². The van der Waals surface area contributed by atoms with Gasteiger partial charge in [-0.05, 0) is 12.8 Å². The second-order valence-electron chi connectivity index (χ2n) is 4.27. The molecule has 1 heterocycles. The normalized spacial score (nSPS) is 16.8. The number of H-pyrrole nitrogens is 1. The van der Waals surface area contributed by atoms with Crippen LogP contribution in [0.15, 0.2) is 28.2 Å². The van der Waals surface area contributed by atoms with Crippen molar-refractivity contribution in [3.05, 3.63) is 28.7 Å². The highest BCUT2D eigenvalue weighted by molar-refractivity contribution is 7.89. The molecule has 5 nitrogen and oxygen atoms in total. The third-order valence-corrected chi connectivity index (χ3v) is 4.58. The van der Waals surface area contributed by atoms with E-state index in [1.165, 1.54) is 6.20 Å². The maximum absolute atomic E-state index is 12.4.